The Morgan fingerprint density at radius 3 is 0.701 bits per heavy atom. The van der Waals surface area contributed by atoms with Crippen molar-refractivity contribution in [2.45, 2.75) is 0 Å². The normalized spacial score (nSPS) is 12.1. The van der Waals surface area contributed by atoms with Gasteiger partial charge in [-0.25, -0.2) is 0 Å². The van der Waals surface area contributed by atoms with Crippen molar-refractivity contribution in [3.05, 3.63) is 270 Å². The third kappa shape index (κ3) is 7.62. The largest absolute Gasteiger partial charge is 0.0616 e. The minimum atomic E-state index is -1.08. The van der Waals surface area contributed by atoms with Crippen LogP contribution in [0.15, 0.2) is 237 Å². The van der Waals surface area contributed by atoms with E-state index in [0.29, 0.717) is 0 Å². The van der Waals surface area contributed by atoms with Crippen LogP contribution in [0, 0.1) is 0 Å². The Morgan fingerprint density at radius 1 is 0.179 bits per heavy atom. The van der Waals surface area contributed by atoms with Gasteiger partial charge in [-0.15, -0.1) is 0 Å². The van der Waals surface area contributed by atoms with Gasteiger partial charge in [-0.2, -0.15) is 0 Å². The maximum Gasteiger partial charge on any atom is -0.00718 e. The Kier molecular flexibility index (Phi) is 10.6. The minimum Gasteiger partial charge on any atom is -0.0616 e. The van der Waals surface area contributed by atoms with E-state index in [2.05, 4.69) is 273 Å². The van der Waals surface area contributed by atoms with Gasteiger partial charge in [0.15, 0.2) is 0 Å². The Hall–Kier alpha value is -8.15. The molecule has 0 saturated carbocycles. The van der Waals surface area contributed by atoms with Crippen molar-refractivity contribution in [1.29, 1.82) is 0 Å². The molecule has 0 unspecified atom stereocenters. The quantitative estimate of drug-likeness (QED) is 0.100. The monoisotopic (exact) mass is 868 g/mol. The zero-order chi connectivity index (χ0) is 44.5. The highest BCUT2D eigenvalue weighted by atomic mass is 31.1. The lowest BCUT2D eigenvalue weighted by molar-refractivity contribution is 1.70. The lowest BCUT2D eigenvalue weighted by Crippen LogP contribution is -2.23. The van der Waals surface area contributed by atoms with Crippen molar-refractivity contribution >= 4 is 125 Å². The van der Waals surface area contributed by atoms with Gasteiger partial charge < -0.3 is 0 Å². The maximum absolute atomic E-state index is 2.42. The van der Waals surface area contributed by atoms with E-state index in [1.807, 2.05) is 0 Å². The first kappa shape index (κ1) is 40.4. The molecule has 0 aliphatic heterocycles. The molecule has 0 spiro atoms. The van der Waals surface area contributed by atoms with Gasteiger partial charge in [-0.3, -0.25) is 0 Å². The van der Waals surface area contributed by atoms with E-state index in [1.165, 1.54) is 114 Å². The standard InChI is InChI=1S/C66H45P/c1-4-25-55-46(16-1)19-13-22-49(55)34-37-52-40-43-64(61-31-10-7-28-58(52)61)67(65-44-41-53(59-29-8-11-32-62(59)65)38-35-50-23-14-20-47-17-2-5-26-56(47)50)66-45-42-54(60-30-9-12-33-63(60)66)39-36-51-24-15-21-48-18-3-6-27-57(48)51/h1-45H/b37-34+,38-35+,39-36+. The fraction of sp³-hybridized carbons (Fsp3) is 0. The fourth-order valence-electron chi connectivity index (χ4n) is 10.1. The summed E-state index contributed by atoms with van der Waals surface area (Å²) in [7, 11) is -1.08. The lowest BCUT2D eigenvalue weighted by Gasteiger charge is -2.25. The molecule has 0 atom stereocenters. The highest BCUT2D eigenvalue weighted by molar-refractivity contribution is 7.81. The average Bonchev–Trinajstić information content (AvgIpc) is 3.40. The molecule has 0 nitrogen and oxygen atoms in total. The van der Waals surface area contributed by atoms with Crippen LogP contribution in [0.5, 0.6) is 0 Å². The highest BCUT2D eigenvalue weighted by Crippen LogP contribution is 2.42. The molecule has 0 N–H and O–H groups in total. The molecule has 0 amide bonds. The average molecular weight is 869 g/mol. The summed E-state index contributed by atoms with van der Waals surface area (Å²) in [5.74, 6) is 0. The van der Waals surface area contributed by atoms with E-state index < -0.39 is 7.92 Å². The topological polar surface area (TPSA) is 0 Å². The van der Waals surface area contributed by atoms with Crippen LogP contribution in [-0.2, 0) is 0 Å². The zero-order valence-electron chi connectivity index (χ0n) is 36.9. The van der Waals surface area contributed by atoms with E-state index in [4.69, 9.17) is 0 Å². The first-order valence-electron chi connectivity index (χ1n) is 23.1. The summed E-state index contributed by atoms with van der Waals surface area (Å²) in [5.41, 5.74) is 7.28. The van der Waals surface area contributed by atoms with E-state index in [1.54, 1.807) is 0 Å². The van der Waals surface area contributed by atoms with Gasteiger partial charge in [0.05, 0.1) is 0 Å². The molecule has 0 aliphatic carbocycles. The summed E-state index contributed by atoms with van der Waals surface area (Å²) in [5, 5.41) is 19.2. The van der Waals surface area contributed by atoms with Crippen molar-refractivity contribution in [3.8, 4) is 0 Å². The van der Waals surface area contributed by atoms with E-state index in [0.717, 1.165) is 0 Å². The third-order valence-corrected chi connectivity index (χ3v) is 15.9. The number of fused-ring (bicyclic) bond motifs is 6. The summed E-state index contributed by atoms with van der Waals surface area (Å²) < 4.78 is 0. The van der Waals surface area contributed by atoms with Gasteiger partial charge in [-0.05, 0) is 122 Å². The molecule has 0 bridgehead atoms. The van der Waals surface area contributed by atoms with Crippen LogP contribution in [0.3, 0.4) is 0 Å². The Balaban J connectivity index is 1.04. The van der Waals surface area contributed by atoms with E-state index in [9.17, 15) is 0 Å². The predicted octanol–water partition coefficient (Wildman–Crippen LogP) is 16.9. The molecule has 0 heterocycles. The molecule has 314 valence electrons. The lowest BCUT2D eigenvalue weighted by atomic mass is 10.0. The maximum atomic E-state index is 2.42. The molecule has 12 aromatic rings. The van der Waals surface area contributed by atoms with Gasteiger partial charge >= 0.3 is 0 Å². The van der Waals surface area contributed by atoms with Gasteiger partial charge in [-0.1, -0.05) is 273 Å². The predicted molar refractivity (Wildman–Crippen MR) is 296 cm³/mol. The molecule has 67 heavy (non-hydrogen) atoms. The fourth-order valence-corrected chi connectivity index (χ4v) is 12.8. The van der Waals surface area contributed by atoms with Crippen LogP contribution in [0.1, 0.15) is 33.4 Å². The summed E-state index contributed by atoms with van der Waals surface area (Å²) in [4.78, 5) is 0. The van der Waals surface area contributed by atoms with E-state index >= 15 is 0 Å². The number of hydrogen-bond acceptors (Lipinski definition) is 0. The van der Waals surface area contributed by atoms with Crippen LogP contribution in [-0.4, -0.2) is 0 Å². The Morgan fingerprint density at radius 2 is 0.403 bits per heavy atom. The van der Waals surface area contributed by atoms with Crippen molar-refractivity contribution < 1.29 is 0 Å². The zero-order valence-corrected chi connectivity index (χ0v) is 37.8. The van der Waals surface area contributed by atoms with Crippen LogP contribution >= 0.6 is 7.92 Å². The van der Waals surface area contributed by atoms with Crippen LogP contribution in [0.25, 0.3) is 101 Å². The number of rotatable bonds is 9. The number of hydrogen-bond donors (Lipinski definition) is 0. The summed E-state index contributed by atoms with van der Waals surface area (Å²) >= 11 is 0. The molecule has 0 fully saturated rings. The second kappa shape index (κ2) is 17.7. The van der Waals surface area contributed by atoms with Gasteiger partial charge in [0.2, 0.25) is 0 Å². The molecule has 0 aliphatic rings. The van der Waals surface area contributed by atoms with Gasteiger partial charge in [0.1, 0.15) is 0 Å². The molecular formula is C66H45P. The first-order chi connectivity index (χ1) is 33.2. The molecule has 12 rings (SSSR count). The molecular weight excluding hydrogens is 824 g/mol. The molecule has 0 radical (unpaired) electrons. The Bertz CT molecular complexity index is 3520. The van der Waals surface area contributed by atoms with Crippen molar-refractivity contribution in [2.24, 2.45) is 0 Å². The third-order valence-electron chi connectivity index (χ3n) is 13.3. The summed E-state index contributed by atoms with van der Waals surface area (Å²) in [6.07, 6.45) is 13.7. The van der Waals surface area contributed by atoms with Crippen LogP contribution in [0.2, 0.25) is 0 Å². The summed E-state index contributed by atoms with van der Waals surface area (Å²) in [6.45, 7) is 0. The first-order valence-corrected chi connectivity index (χ1v) is 24.4. The highest BCUT2D eigenvalue weighted by Gasteiger charge is 2.24. The second-order valence-electron chi connectivity index (χ2n) is 17.2. The van der Waals surface area contributed by atoms with Gasteiger partial charge in [0, 0.05) is 0 Å². The number of benzene rings is 12. The van der Waals surface area contributed by atoms with Crippen LogP contribution in [0.4, 0.5) is 0 Å². The minimum absolute atomic E-state index is 1.08. The molecule has 0 aromatic heterocycles. The SMILES string of the molecule is C(=C\c1ccc(P(c2ccc(/C=C/c3cccc4ccccc34)c3ccccc23)c2ccc(/C=C/c3cccc4ccccc34)c3ccccc23)c2ccccc12)/c1cccc2ccccc12. The van der Waals surface area contributed by atoms with Gasteiger partial charge in [0.25, 0.3) is 0 Å². The molecule has 0 saturated heterocycles. The smallest absolute Gasteiger partial charge is 0.00718 e. The second-order valence-corrected chi connectivity index (χ2v) is 19.3. The van der Waals surface area contributed by atoms with Crippen LogP contribution < -0.4 is 15.9 Å². The molecule has 12 aromatic carbocycles. The van der Waals surface area contributed by atoms with Crippen molar-refractivity contribution in [3.63, 3.8) is 0 Å². The summed E-state index contributed by atoms with van der Waals surface area (Å²) in [6, 6.07) is 87.0. The molecule has 1 heteroatoms. The Labute approximate surface area is 392 Å². The van der Waals surface area contributed by atoms with Crippen molar-refractivity contribution in [2.75, 3.05) is 0 Å². The van der Waals surface area contributed by atoms with Crippen molar-refractivity contribution in [1.82, 2.24) is 0 Å². The van der Waals surface area contributed by atoms with E-state index in [-0.39, 0.29) is 0 Å².